The molecule has 0 aromatic rings. The SMILES string of the molecule is CC(C)[C@H](N)C(=O)NCC(=O)N1CCC2(CCC2)C1.Cl. The molecule has 2 amide bonds. The summed E-state index contributed by atoms with van der Waals surface area (Å²) in [6, 6.07) is -0.538. The van der Waals surface area contributed by atoms with Crippen LogP contribution in [-0.2, 0) is 9.59 Å². The molecule has 2 rings (SSSR count). The van der Waals surface area contributed by atoms with Gasteiger partial charge in [-0.15, -0.1) is 12.4 Å². The van der Waals surface area contributed by atoms with Crippen molar-refractivity contribution in [1.29, 1.82) is 0 Å². The third-order valence-corrected chi connectivity index (χ3v) is 4.64. The number of nitrogens with one attached hydrogen (secondary N) is 1. The molecule has 0 radical (unpaired) electrons. The summed E-state index contributed by atoms with van der Waals surface area (Å²) < 4.78 is 0. The molecule has 1 aliphatic carbocycles. The van der Waals surface area contributed by atoms with Gasteiger partial charge < -0.3 is 16.0 Å². The predicted molar refractivity (Wildman–Crippen MR) is 80.6 cm³/mol. The van der Waals surface area contributed by atoms with Gasteiger partial charge in [-0.05, 0) is 30.6 Å². The van der Waals surface area contributed by atoms with Crippen molar-refractivity contribution in [1.82, 2.24) is 10.2 Å². The fourth-order valence-corrected chi connectivity index (χ4v) is 2.93. The minimum atomic E-state index is -0.538. The molecule has 1 spiro atoms. The van der Waals surface area contributed by atoms with Crippen LogP contribution in [0.15, 0.2) is 0 Å². The summed E-state index contributed by atoms with van der Waals surface area (Å²) in [4.78, 5) is 25.6. The van der Waals surface area contributed by atoms with Gasteiger partial charge in [0.1, 0.15) is 0 Å². The third kappa shape index (κ3) is 3.64. The number of carbonyl (C=O) groups excluding carboxylic acids is 2. The number of halogens is 1. The highest BCUT2D eigenvalue weighted by Crippen LogP contribution is 2.47. The lowest BCUT2D eigenvalue weighted by atomic mass is 9.68. The molecule has 1 saturated carbocycles. The van der Waals surface area contributed by atoms with Crippen molar-refractivity contribution >= 4 is 24.2 Å². The van der Waals surface area contributed by atoms with Crippen LogP contribution >= 0.6 is 12.4 Å². The van der Waals surface area contributed by atoms with Crippen molar-refractivity contribution in [3.05, 3.63) is 0 Å². The number of nitrogens with two attached hydrogens (primary N) is 1. The van der Waals surface area contributed by atoms with E-state index in [1.54, 1.807) is 0 Å². The monoisotopic (exact) mass is 303 g/mol. The molecule has 2 aliphatic rings. The van der Waals surface area contributed by atoms with Crippen LogP contribution in [0.5, 0.6) is 0 Å². The molecule has 1 aliphatic heterocycles. The summed E-state index contributed by atoms with van der Waals surface area (Å²) in [6.07, 6.45) is 4.92. The van der Waals surface area contributed by atoms with Gasteiger partial charge in [-0.2, -0.15) is 0 Å². The summed E-state index contributed by atoms with van der Waals surface area (Å²) in [6.45, 7) is 5.58. The van der Waals surface area contributed by atoms with Gasteiger partial charge in [0.15, 0.2) is 0 Å². The Morgan fingerprint density at radius 2 is 1.95 bits per heavy atom. The van der Waals surface area contributed by atoms with Crippen molar-refractivity contribution in [3.8, 4) is 0 Å². The van der Waals surface area contributed by atoms with Gasteiger partial charge in [0, 0.05) is 13.1 Å². The largest absolute Gasteiger partial charge is 0.346 e. The first-order valence-corrected chi connectivity index (χ1v) is 7.25. The van der Waals surface area contributed by atoms with Gasteiger partial charge in [-0.3, -0.25) is 9.59 Å². The first-order chi connectivity index (χ1) is 8.93. The molecule has 0 unspecified atom stereocenters. The average Bonchev–Trinajstić information content (AvgIpc) is 2.79. The standard InChI is InChI=1S/C14H25N3O2.ClH/c1-10(2)12(15)13(19)16-8-11(18)17-7-6-14(9-17)4-3-5-14;/h10,12H,3-9,15H2,1-2H3,(H,16,19);1H/t12-;/m0./s1. The smallest absolute Gasteiger partial charge is 0.241 e. The minimum absolute atomic E-state index is 0. The average molecular weight is 304 g/mol. The zero-order valence-electron chi connectivity index (χ0n) is 12.4. The highest BCUT2D eigenvalue weighted by molar-refractivity contribution is 5.87. The minimum Gasteiger partial charge on any atom is -0.346 e. The van der Waals surface area contributed by atoms with Crippen LogP contribution in [0, 0.1) is 11.3 Å². The molecule has 0 aromatic heterocycles. The van der Waals surface area contributed by atoms with E-state index in [9.17, 15) is 9.59 Å². The molecular weight excluding hydrogens is 278 g/mol. The fourth-order valence-electron chi connectivity index (χ4n) is 2.93. The first-order valence-electron chi connectivity index (χ1n) is 7.25. The molecule has 0 aromatic carbocycles. The lowest BCUT2D eigenvalue weighted by Gasteiger charge is -2.37. The number of likely N-dealkylation sites (tertiary alicyclic amines) is 1. The van der Waals surface area contributed by atoms with E-state index in [4.69, 9.17) is 5.73 Å². The number of carbonyl (C=O) groups is 2. The highest BCUT2D eigenvalue weighted by atomic mass is 35.5. The molecule has 5 nitrogen and oxygen atoms in total. The summed E-state index contributed by atoms with van der Waals surface area (Å²) in [5, 5.41) is 2.65. The number of hydrogen-bond acceptors (Lipinski definition) is 3. The van der Waals surface area contributed by atoms with Crippen molar-refractivity contribution in [2.24, 2.45) is 17.1 Å². The maximum atomic E-state index is 12.0. The van der Waals surface area contributed by atoms with Crippen molar-refractivity contribution < 1.29 is 9.59 Å². The van der Waals surface area contributed by atoms with Gasteiger partial charge in [-0.25, -0.2) is 0 Å². The maximum Gasteiger partial charge on any atom is 0.241 e. The Kier molecular flexibility index (Phi) is 5.83. The normalized spacial score (nSPS) is 21.3. The topological polar surface area (TPSA) is 75.4 Å². The third-order valence-electron chi connectivity index (χ3n) is 4.64. The Morgan fingerprint density at radius 1 is 1.30 bits per heavy atom. The fraction of sp³-hybridized carbons (Fsp3) is 0.857. The van der Waals surface area contributed by atoms with Crippen molar-refractivity contribution in [2.75, 3.05) is 19.6 Å². The van der Waals surface area contributed by atoms with E-state index in [2.05, 4.69) is 5.32 Å². The second kappa shape index (κ2) is 6.76. The van der Waals surface area contributed by atoms with Crippen molar-refractivity contribution in [3.63, 3.8) is 0 Å². The van der Waals surface area contributed by atoms with Gasteiger partial charge >= 0.3 is 0 Å². The van der Waals surface area contributed by atoms with Crippen LogP contribution in [-0.4, -0.2) is 42.4 Å². The summed E-state index contributed by atoms with van der Waals surface area (Å²) in [5.41, 5.74) is 6.15. The Hall–Kier alpha value is -0.810. The van der Waals surface area contributed by atoms with Crippen LogP contribution in [0.4, 0.5) is 0 Å². The van der Waals surface area contributed by atoms with Gasteiger partial charge in [0.25, 0.3) is 0 Å². The van der Waals surface area contributed by atoms with Crippen LogP contribution in [0.25, 0.3) is 0 Å². The van der Waals surface area contributed by atoms with E-state index in [-0.39, 0.29) is 36.7 Å². The van der Waals surface area contributed by atoms with Crippen LogP contribution in [0.1, 0.15) is 39.5 Å². The molecule has 2 fully saturated rings. The summed E-state index contributed by atoms with van der Waals surface area (Å²) in [7, 11) is 0. The van der Waals surface area contributed by atoms with Crippen LogP contribution in [0.3, 0.4) is 0 Å². The molecule has 1 atom stereocenters. The molecule has 1 saturated heterocycles. The van der Waals surface area contributed by atoms with E-state index < -0.39 is 6.04 Å². The molecule has 0 bridgehead atoms. The van der Waals surface area contributed by atoms with E-state index in [1.807, 2.05) is 18.7 Å². The molecule has 3 N–H and O–H groups in total. The van der Waals surface area contributed by atoms with E-state index in [0.29, 0.717) is 5.41 Å². The number of rotatable bonds is 4. The highest BCUT2D eigenvalue weighted by Gasteiger charge is 2.43. The Morgan fingerprint density at radius 3 is 2.40 bits per heavy atom. The number of amides is 2. The molecule has 6 heteroatoms. The van der Waals surface area contributed by atoms with E-state index in [1.165, 1.54) is 19.3 Å². The van der Waals surface area contributed by atoms with E-state index in [0.717, 1.165) is 19.5 Å². The lowest BCUT2D eigenvalue weighted by Crippen LogP contribution is -2.48. The Bertz CT molecular complexity index is 369. The predicted octanol–water partition coefficient (Wildman–Crippen LogP) is 0.910. The zero-order chi connectivity index (χ0) is 14.0. The van der Waals surface area contributed by atoms with Crippen LogP contribution < -0.4 is 11.1 Å². The zero-order valence-corrected chi connectivity index (χ0v) is 13.2. The van der Waals surface area contributed by atoms with Crippen molar-refractivity contribution in [2.45, 2.75) is 45.6 Å². The maximum absolute atomic E-state index is 12.0. The molecule has 1 heterocycles. The first kappa shape index (κ1) is 17.2. The number of hydrogen-bond donors (Lipinski definition) is 2. The molecular formula is C14H26ClN3O2. The van der Waals surface area contributed by atoms with Gasteiger partial charge in [-0.1, -0.05) is 20.3 Å². The summed E-state index contributed by atoms with van der Waals surface area (Å²) in [5.74, 6) is -0.130. The van der Waals surface area contributed by atoms with Gasteiger partial charge in [0.2, 0.25) is 11.8 Å². The van der Waals surface area contributed by atoms with Crippen LogP contribution in [0.2, 0.25) is 0 Å². The second-order valence-corrected chi connectivity index (χ2v) is 6.41. The van der Waals surface area contributed by atoms with E-state index >= 15 is 0 Å². The van der Waals surface area contributed by atoms with Gasteiger partial charge in [0.05, 0.1) is 12.6 Å². The Balaban J connectivity index is 0.00000200. The molecule has 116 valence electrons. The number of nitrogens with zero attached hydrogens (tertiary/aromatic N) is 1. The molecule has 20 heavy (non-hydrogen) atoms. The quantitative estimate of drug-likeness (QED) is 0.810. The lowest BCUT2D eigenvalue weighted by molar-refractivity contribution is -0.133. The Labute approximate surface area is 127 Å². The second-order valence-electron chi connectivity index (χ2n) is 6.41. The summed E-state index contributed by atoms with van der Waals surface area (Å²) >= 11 is 0.